The summed E-state index contributed by atoms with van der Waals surface area (Å²) in [6.45, 7) is 0.946. The summed E-state index contributed by atoms with van der Waals surface area (Å²) in [5, 5.41) is 6.11. The average Bonchev–Trinajstić information content (AvgIpc) is 2.46. The second kappa shape index (κ2) is 5.85. The number of aryl methyl sites for hydroxylation is 1. The summed E-state index contributed by atoms with van der Waals surface area (Å²) in [4.78, 5) is 12.2. The largest absolute Gasteiger partial charge is 0.385 e. The highest BCUT2D eigenvalue weighted by molar-refractivity contribution is 9.10. The molecule has 1 aliphatic heterocycles. The minimum absolute atomic E-state index is 0.285. The number of hydrogen-bond acceptors (Lipinski definition) is 2. The van der Waals surface area contributed by atoms with Crippen molar-refractivity contribution in [3.05, 3.63) is 57.8 Å². The van der Waals surface area contributed by atoms with E-state index < -0.39 is 5.82 Å². The number of nitrogens with one attached hydrogen (secondary N) is 2. The van der Waals surface area contributed by atoms with Crippen LogP contribution in [0.1, 0.15) is 22.3 Å². The average molecular weight is 349 g/mol. The lowest BCUT2D eigenvalue weighted by Crippen LogP contribution is -2.15. The molecule has 0 atom stereocenters. The lowest BCUT2D eigenvalue weighted by Gasteiger charge is -2.18. The number of fused-ring (bicyclic) bond motifs is 1. The van der Waals surface area contributed by atoms with Crippen LogP contribution in [0, 0.1) is 5.82 Å². The number of carbonyl (C=O) groups is 1. The molecule has 0 saturated heterocycles. The van der Waals surface area contributed by atoms with Gasteiger partial charge in [0.15, 0.2) is 0 Å². The Morgan fingerprint density at radius 1 is 1.24 bits per heavy atom. The van der Waals surface area contributed by atoms with Crippen LogP contribution < -0.4 is 10.6 Å². The van der Waals surface area contributed by atoms with E-state index in [1.807, 2.05) is 18.2 Å². The monoisotopic (exact) mass is 348 g/mol. The molecule has 21 heavy (non-hydrogen) atoms. The highest BCUT2D eigenvalue weighted by atomic mass is 79.9. The molecule has 0 aliphatic carbocycles. The summed E-state index contributed by atoms with van der Waals surface area (Å²) in [6, 6.07) is 9.93. The van der Waals surface area contributed by atoms with Crippen LogP contribution in [-0.4, -0.2) is 12.5 Å². The number of hydrogen-bond donors (Lipinski definition) is 2. The van der Waals surface area contributed by atoms with Gasteiger partial charge in [-0.3, -0.25) is 4.79 Å². The standard InChI is InChI=1S/C16H14BrFN2O/c17-12-6-11(7-13(18)8-12)16(21)20-14-4-3-10-2-1-5-19-15(10)9-14/h3-4,6-9,19H,1-2,5H2,(H,20,21). The SMILES string of the molecule is O=C(Nc1ccc2c(c1)NCCC2)c1cc(F)cc(Br)c1. The maximum atomic E-state index is 13.3. The summed E-state index contributed by atoms with van der Waals surface area (Å²) in [5.74, 6) is -0.771. The summed E-state index contributed by atoms with van der Waals surface area (Å²) in [5.41, 5.74) is 3.30. The van der Waals surface area contributed by atoms with Gasteiger partial charge < -0.3 is 10.6 Å². The Hall–Kier alpha value is -1.88. The zero-order valence-corrected chi connectivity index (χ0v) is 12.8. The quantitative estimate of drug-likeness (QED) is 0.853. The number of anilines is 2. The Bertz CT molecular complexity index is 682. The van der Waals surface area contributed by atoms with Crippen LogP contribution in [0.25, 0.3) is 0 Å². The van der Waals surface area contributed by atoms with Crippen LogP contribution in [-0.2, 0) is 6.42 Å². The molecule has 3 rings (SSSR count). The van der Waals surface area contributed by atoms with Crippen molar-refractivity contribution in [3.63, 3.8) is 0 Å². The Morgan fingerprint density at radius 3 is 2.90 bits per heavy atom. The number of rotatable bonds is 2. The Labute approximate surface area is 130 Å². The third kappa shape index (κ3) is 3.24. The van der Waals surface area contributed by atoms with Crippen molar-refractivity contribution in [1.29, 1.82) is 0 Å². The Kier molecular flexibility index (Phi) is 3.92. The van der Waals surface area contributed by atoms with Gasteiger partial charge in [-0.2, -0.15) is 0 Å². The molecule has 0 unspecified atom stereocenters. The lowest BCUT2D eigenvalue weighted by atomic mass is 10.0. The number of halogens is 2. The Balaban J connectivity index is 1.81. The summed E-state index contributed by atoms with van der Waals surface area (Å²) in [7, 11) is 0. The fourth-order valence-electron chi connectivity index (χ4n) is 2.43. The lowest BCUT2D eigenvalue weighted by molar-refractivity contribution is 0.102. The first-order chi connectivity index (χ1) is 10.1. The van der Waals surface area contributed by atoms with Gasteiger partial charge in [-0.25, -0.2) is 4.39 Å². The van der Waals surface area contributed by atoms with E-state index in [0.29, 0.717) is 10.2 Å². The molecule has 5 heteroatoms. The first kappa shape index (κ1) is 14.1. The van der Waals surface area contributed by atoms with Gasteiger partial charge in [0.2, 0.25) is 0 Å². The zero-order chi connectivity index (χ0) is 14.8. The second-order valence-electron chi connectivity index (χ2n) is 5.01. The molecule has 2 aromatic carbocycles. The van der Waals surface area contributed by atoms with Crippen LogP contribution >= 0.6 is 15.9 Å². The van der Waals surface area contributed by atoms with Crippen LogP contribution in [0.4, 0.5) is 15.8 Å². The molecule has 2 aromatic rings. The van der Waals surface area contributed by atoms with E-state index in [4.69, 9.17) is 0 Å². The van der Waals surface area contributed by atoms with Crippen LogP contribution in [0.3, 0.4) is 0 Å². The van der Waals surface area contributed by atoms with Crippen molar-refractivity contribution in [1.82, 2.24) is 0 Å². The van der Waals surface area contributed by atoms with Gasteiger partial charge in [0.25, 0.3) is 5.91 Å². The van der Waals surface area contributed by atoms with Crippen molar-refractivity contribution in [2.24, 2.45) is 0 Å². The summed E-state index contributed by atoms with van der Waals surface area (Å²) in [6.07, 6.45) is 2.17. The normalized spacial score (nSPS) is 13.2. The first-order valence-electron chi connectivity index (χ1n) is 6.76. The highest BCUT2D eigenvalue weighted by Crippen LogP contribution is 2.26. The maximum Gasteiger partial charge on any atom is 0.255 e. The van der Waals surface area contributed by atoms with Gasteiger partial charge in [0, 0.05) is 28.0 Å². The third-order valence-corrected chi connectivity index (χ3v) is 3.89. The molecule has 1 heterocycles. The van der Waals surface area contributed by atoms with Crippen molar-refractivity contribution < 1.29 is 9.18 Å². The molecule has 0 radical (unpaired) electrons. The number of benzene rings is 2. The van der Waals surface area contributed by atoms with E-state index in [0.717, 1.165) is 25.1 Å². The molecule has 0 bridgehead atoms. The minimum atomic E-state index is -0.443. The topological polar surface area (TPSA) is 41.1 Å². The smallest absolute Gasteiger partial charge is 0.255 e. The fraction of sp³-hybridized carbons (Fsp3) is 0.188. The molecular weight excluding hydrogens is 335 g/mol. The predicted octanol–water partition coefficient (Wildman–Crippen LogP) is 4.20. The van der Waals surface area contributed by atoms with Crippen LogP contribution in [0.2, 0.25) is 0 Å². The Morgan fingerprint density at radius 2 is 2.10 bits per heavy atom. The van der Waals surface area contributed by atoms with Gasteiger partial charge in [0.05, 0.1) is 0 Å². The van der Waals surface area contributed by atoms with Crippen molar-refractivity contribution in [3.8, 4) is 0 Å². The van der Waals surface area contributed by atoms with Crippen LogP contribution in [0.5, 0.6) is 0 Å². The predicted molar refractivity (Wildman–Crippen MR) is 85.3 cm³/mol. The number of carbonyl (C=O) groups excluding carboxylic acids is 1. The van der Waals surface area contributed by atoms with E-state index in [1.165, 1.54) is 17.7 Å². The van der Waals surface area contributed by atoms with Gasteiger partial charge in [0.1, 0.15) is 5.82 Å². The molecule has 108 valence electrons. The van der Waals surface area contributed by atoms with E-state index in [-0.39, 0.29) is 11.5 Å². The van der Waals surface area contributed by atoms with Crippen molar-refractivity contribution in [2.75, 3.05) is 17.2 Å². The van der Waals surface area contributed by atoms with Gasteiger partial charge >= 0.3 is 0 Å². The van der Waals surface area contributed by atoms with Crippen LogP contribution in [0.15, 0.2) is 40.9 Å². The van der Waals surface area contributed by atoms with Gasteiger partial charge in [-0.15, -0.1) is 0 Å². The molecule has 0 aromatic heterocycles. The van der Waals surface area contributed by atoms with E-state index in [1.54, 1.807) is 6.07 Å². The van der Waals surface area contributed by atoms with Crippen molar-refractivity contribution in [2.45, 2.75) is 12.8 Å². The molecule has 1 amide bonds. The summed E-state index contributed by atoms with van der Waals surface area (Å²) < 4.78 is 13.9. The summed E-state index contributed by atoms with van der Waals surface area (Å²) >= 11 is 3.19. The highest BCUT2D eigenvalue weighted by Gasteiger charge is 2.12. The molecule has 0 saturated carbocycles. The minimum Gasteiger partial charge on any atom is -0.385 e. The van der Waals surface area contributed by atoms with E-state index in [9.17, 15) is 9.18 Å². The molecular formula is C16H14BrFN2O. The molecule has 3 nitrogen and oxygen atoms in total. The van der Waals surface area contributed by atoms with Gasteiger partial charge in [-0.05, 0) is 48.7 Å². The molecule has 2 N–H and O–H groups in total. The fourth-order valence-corrected chi connectivity index (χ4v) is 2.89. The molecule has 0 fully saturated rings. The zero-order valence-electron chi connectivity index (χ0n) is 11.2. The molecule has 1 aliphatic rings. The number of amides is 1. The van der Waals surface area contributed by atoms with E-state index >= 15 is 0 Å². The van der Waals surface area contributed by atoms with Crippen molar-refractivity contribution >= 4 is 33.2 Å². The maximum absolute atomic E-state index is 13.3. The van der Waals surface area contributed by atoms with Gasteiger partial charge in [-0.1, -0.05) is 22.0 Å². The third-order valence-electron chi connectivity index (χ3n) is 3.43. The first-order valence-corrected chi connectivity index (χ1v) is 7.55. The molecule has 0 spiro atoms. The second-order valence-corrected chi connectivity index (χ2v) is 5.93. The van der Waals surface area contributed by atoms with E-state index in [2.05, 4.69) is 26.6 Å².